The number of nitrogens with one attached hydrogen (secondary N) is 1. The summed E-state index contributed by atoms with van der Waals surface area (Å²) < 4.78 is 39.8. The maximum absolute atomic E-state index is 13.7. The number of halogens is 1. The fourth-order valence-electron chi connectivity index (χ4n) is 1.48. The summed E-state index contributed by atoms with van der Waals surface area (Å²) in [6, 6.07) is 6.96. The summed E-state index contributed by atoms with van der Waals surface area (Å²) in [6.07, 6.45) is 2.64. The van der Waals surface area contributed by atoms with Crippen LogP contribution in [0.3, 0.4) is 0 Å². The standard InChI is InChI=1S/C12H12FN3O2S/c13-11-6-9(7-14)3-4-12(11)16-19(17,18)10-2-1-5-15-8-10/h1-6,8,16H,7,14H2. The lowest BCUT2D eigenvalue weighted by molar-refractivity contribution is 0.598. The number of nitrogens with two attached hydrogens (primary N) is 1. The molecule has 0 aliphatic rings. The lowest BCUT2D eigenvalue weighted by atomic mass is 10.2. The maximum atomic E-state index is 13.7. The number of benzene rings is 1. The maximum Gasteiger partial charge on any atom is 0.263 e. The van der Waals surface area contributed by atoms with E-state index >= 15 is 0 Å². The Morgan fingerprint density at radius 2 is 2.11 bits per heavy atom. The van der Waals surface area contributed by atoms with E-state index in [9.17, 15) is 12.8 Å². The molecule has 3 N–H and O–H groups in total. The smallest absolute Gasteiger partial charge is 0.263 e. The number of nitrogens with zero attached hydrogens (tertiary/aromatic N) is 1. The SMILES string of the molecule is NCc1ccc(NS(=O)(=O)c2cccnc2)c(F)c1. The molecule has 0 radical (unpaired) electrons. The minimum absolute atomic E-state index is 0.0303. The summed E-state index contributed by atoms with van der Waals surface area (Å²) in [7, 11) is -3.84. The molecule has 0 fully saturated rings. The average molecular weight is 281 g/mol. The van der Waals surface area contributed by atoms with E-state index in [0.717, 1.165) is 0 Å². The molecule has 2 rings (SSSR count). The number of anilines is 1. The first kappa shape index (κ1) is 13.4. The van der Waals surface area contributed by atoms with Gasteiger partial charge < -0.3 is 5.73 Å². The number of hydrogen-bond acceptors (Lipinski definition) is 4. The highest BCUT2D eigenvalue weighted by atomic mass is 32.2. The van der Waals surface area contributed by atoms with Gasteiger partial charge in [0, 0.05) is 18.9 Å². The lowest BCUT2D eigenvalue weighted by Crippen LogP contribution is -2.14. The molecule has 0 aliphatic heterocycles. The third-order valence-corrected chi connectivity index (χ3v) is 3.81. The Morgan fingerprint density at radius 3 is 2.68 bits per heavy atom. The van der Waals surface area contributed by atoms with E-state index in [1.165, 1.54) is 36.7 Å². The molecule has 2 aromatic rings. The quantitative estimate of drug-likeness (QED) is 0.889. The van der Waals surface area contributed by atoms with Crippen LogP contribution in [0, 0.1) is 5.82 Å². The van der Waals surface area contributed by atoms with E-state index in [-0.39, 0.29) is 17.1 Å². The Hall–Kier alpha value is -1.99. The zero-order valence-corrected chi connectivity index (χ0v) is 10.7. The molecule has 0 saturated carbocycles. The second kappa shape index (κ2) is 5.33. The molecule has 0 aliphatic carbocycles. The van der Waals surface area contributed by atoms with Crippen molar-refractivity contribution in [3.05, 3.63) is 54.1 Å². The summed E-state index contributed by atoms with van der Waals surface area (Å²) in [4.78, 5) is 3.68. The summed E-state index contributed by atoms with van der Waals surface area (Å²) >= 11 is 0. The molecule has 0 saturated heterocycles. The normalized spacial score (nSPS) is 11.3. The van der Waals surface area contributed by atoms with Gasteiger partial charge >= 0.3 is 0 Å². The van der Waals surface area contributed by atoms with E-state index in [4.69, 9.17) is 5.73 Å². The molecule has 5 nitrogen and oxygen atoms in total. The van der Waals surface area contributed by atoms with Crippen molar-refractivity contribution in [2.45, 2.75) is 11.4 Å². The number of sulfonamides is 1. The topological polar surface area (TPSA) is 85.1 Å². The van der Waals surface area contributed by atoms with Crippen LogP contribution in [0.25, 0.3) is 0 Å². The molecular weight excluding hydrogens is 269 g/mol. The second-order valence-corrected chi connectivity index (χ2v) is 5.49. The molecule has 7 heteroatoms. The van der Waals surface area contributed by atoms with Gasteiger partial charge in [-0.25, -0.2) is 12.8 Å². The van der Waals surface area contributed by atoms with Gasteiger partial charge in [-0.05, 0) is 29.8 Å². The van der Waals surface area contributed by atoms with Crippen molar-refractivity contribution >= 4 is 15.7 Å². The highest BCUT2D eigenvalue weighted by Crippen LogP contribution is 2.19. The third-order valence-electron chi connectivity index (χ3n) is 2.46. The monoisotopic (exact) mass is 281 g/mol. The first-order valence-electron chi connectivity index (χ1n) is 5.44. The van der Waals surface area contributed by atoms with Crippen molar-refractivity contribution in [1.82, 2.24) is 4.98 Å². The second-order valence-electron chi connectivity index (χ2n) is 3.81. The minimum atomic E-state index is -3.84. The van der Waals surface area contributed by atoms with Crippen LogP contribution < -0.4 is 10.5 Å². The summed E-state index contributed by atoms with van der Waals surface area (Å²) in [5.74, 6) is -0.671. The first-order chi connectivity index (χ1) is 9.03. The van der Waals surface area contributed by atoms with Gasteiger partial charge in [0.15, 0.2) is 0 Å². The van der Waals surface area contributed by atoms with Gasteiger partial charge in [0.1, 0.15) is 10.7 Å². The first-order valence-corrected chi connectivity index (χ1v) is 6.92. The van der Waals surface area contributed by atoms with Gasteiger partial charge in [0.2, 0.25) is 0 Å². The van der Waals surface area contributed by atoms with E-state index in [0.29, 0.717) is 5.56 Å². The van der Waals surface area contributed by atoms with Gasteiger partial charge in [-0.3, -0.25) is 9.71 Å². The molecule has 0 unspecified atom stereocenters. The van der Waals surface area contributed by atoms with Crippen LogP contribution in [0.15, 0.2) is 47.6 Å². The van der Waals surface area contributed by atoms with Crippen molar-refractivity contribution in [3.63, 3.8) is 0 Å². The van der Waals surface area contributed by atoms with Crippen molar-refractivity contribution in [3.8, 4) is 0 Å². The van der Waals surface area contributed by atoms with Gasteiger partial charge in [-0.1, -0.05) is 6.07 Å². The van der Waals surface area contributed by atoms with Crippen molar-refractivity contribution < 1.29 is 12.8 Å². The molecule has 1 aromatic heterocycles. The van der Waals surface area contributed by atoms with Crippen LogP contribution in [0.2, 0.25) is 0 Å². The zero-order chi connectivity index (χ0) is 13.9. The van der Waals surface area contributed by atoms with E-state index in [1.54, 1.807) is 6.07 Å². The van der Waals surface area contributed by atoms with Crippen LogP contribution in [0.1, 0.15) is 5.56 Å². The van der Waals surface area contributed by atoms with Crippen molar-refractivity contribution in [2.24, 2.45) is 5.73 Å². The predicted molar refractivity (Wildman–Crippen MR) is 69.3 cm³/mol. The Morgan fingerprint density at radius 1 is 1.32 bits per heavy atom. The fraction of sp³-hybridized carbons (Fsp3) is 0.0833. The Labute approximate surface area is 110 Å². The molecule has 1 aromatic carbocycles. The molecule has 0 amide bonds. The number of hydrogen-bond donors (Lipinski definition) is 2. The predicted octanol–water partition coefficient (Wildman–Crippen LogP) is 1.48. The van der Waals surface area contributed by atoms with Crippen molar-refractivity contribution in [1.29, 1.82) is 0 Å². The van der Waals surface area contributed by atoms with Crippen LogP contribution in [-0.4, -0.2) is 13.4 Å². The van der Waals surface area contributed by atoms with E-state index in [2.05, 4.69) is 9.71 Å². The number of rotatable bonds is 4. The highest BCUT2D eigenvalue weighted by molar-refractivity contribution is 7.92. The highest BCUT2D eigenvalue weighted by Gasteiger charge is 2.16. The zero-order valence-electron chi connectivity index (χ0n) is 9.88. The van der Waals surface area contributed by atoms with Crippen LogP contribution in [0.5, 0.6) is 0 Å². The summed E-state index contributed by atoms with van der Waals surface area (Å²) in [5, 5.41) is 0. The minimum Gasteiger partial charge on any atom is -0.326 e. The fourth-order valence-corrected chi connectivity index (χ4v) is 2.51. The Balaban J connectivity index is 2.31. The van der Waals surface area contributed by atoms with Gasteiger partial charge in [0.25, 0.3) is 10.0 Å². The molecule has 100 valence electrons. The van der Waals surface area contributed by atoms with Gasteiger partial charge in [-0.2, -0.15) is 0 Å². The van der Waals surface area contributed by atoms with Crippen LogP contribution in [-0.2, 0) is 16.6 Å². The molecule has 0 atom stereocenters. The number of aromatic nitrogens is 1. The average Bonchev–Trinajstić information content (AvgIpc) is 2.42. The lowest BCUT2D eigenvalue weighted by Gasteiger charge is -2.09. The molecule has 1 heterocycles. The molecule has 0 spiro atoms. The van der Waals surface area contributed by atoms with E-state index in [1.807, 2.05) is 0 Å². The summed E-state index contributed by atoms with van der Waals surface area (Å²) in [6.45, 7) is 0.187. The van der Waals surface area contributed by atoms with Crippen LogP contribution in [0.4, 0.5) is 10.1 Å². The third kappa shape index (κ3) is 3.07. The largest absolute Gasteiger partial charge is 0.326 e. The Bertz CT molecular complexity index is 675. The molecule has 19 heavy (non-hydrogen) atoms. The van der Waals surface area contributed by atoms with Gasteiger partial charge in [-0.15, -0.1) is 0 Å². The van der Waals surface area contributed by atoms with Crippen LogP contribution >= 0.6 is 0 Å². The molecular formula is C12H12FN3O2S. The van der Waals surface area contributed by atoms with E-state index < -0.39 is 15.8 Å². The van der Waals surface area contributed by atoms with Gasteiger partial charge in [0.05, 0.1) is 5.69 Å². The number of pyridine rings is 1. The summed E-state index contributed by atoms with van der Waals surface area (Å²) in [5.41, 5.74) is 5.83. The van der Waals surface area contributed by atoms with Crippen molar-refractivity contribution in [2.75, 3.05) is 4.72 Å². The molecule has 0 bridgehead atoms. The Kier molecular flexibility index (Phi) is 3.77.